The van der Waals surface area contributed by atoms with Crippen LogP contribution in [0.2, 0.25) is 0 Å². The van der Waals surface area contributed by atoms with Gasteiger partial charge in [0.05, 0.1) is 5.54 Å². The first-order valence-electron chi connectivity index (χ1n) is 9.26. The van der Waals surface area contributed by atoms with Crippen molar-refractivity contribution in [3.63, 3.8) is 0 Å². The van der Waals surface area contributed by atoms with E-state index in [1.54, 1.807) is 0 Å². The van der Waals surface area contributed by atoms with E-state index in [1.807, 2.05) is 17.0 Å². The van der Waals surface area contributed by atoms with E-state index in [1.165, 1.54) is 5.56 Å². The average Bonchev–Trinajstić information content (AvgIpc) is 2.59. The number of carbonyl (C=O) groups is 1. The van der Waals surface area contributed by atoms with Crippen molar-refractivity contribution in [2.45, 2.75) is 43.3 Å². The fourth-order valence-electron chi connectivity index (χ4n) is 5.67. The van der Waals surface area contributed by atoms with Gasteiger partial charge in [-0.05, 0) is 68.3 Å². The molecule has 3 saturated heterocycles. The molecule has 6 rings (SSSR count). The van der Waals surface area contributed by atoms with Crippen LogP contribution in [0.5, 0.6) is 0 Å². The molecular weight excluding hydrogens is 300 g/mol. The Morgan fingerprint density at radius 1 is 1.12 bits per heavy atom. The number of aryl methyl sites for hydroxylation is 1. The molecule has 5 nitrogen and oxygen atoms in total. The number of rotatable bonds is 1. The van der Waals surface area contributed by atoms with Crippen molar-refractivity contribution in [2.75, 3.05) is 26.2 Å². The maximum Gasteiger partial charge on any atom is 0.255 e. The van der Waals surface area contributed by atoms with Crippen molar-refractivity contribution in [2.24, 2.45) is 17.4 Å². The van der Waals surface area contributed by atoms with E-state index in [-0.39, 0.29) is 5.91 Å². The highest BCUT2D eigenvalue weighted by atomic mass is 16.2. The fourth-order valence-corrected chi connectivity index (χ4v) is 5.67. The second kappa shape index (κ2) is 4.81. The molecule has 0 spiro atoms. The highest BCUT2D eigenvalue weighted by Gasteiger charge is 2.54. The van der Waals surface area contributed by atoms with Gasteiger partial charge in [0.15, 0.2) is 0 Å². The van der Waals surface area contributed by atoms with Gasteiger partial charge >= 0.3 is 0 Å². The first kappa shape index (κ1) is 14.9. The van der Waals surface area contributed by atoms with Crippen molar-refractivity contribution < 1.29 is 4.79 Å². The van der Waals surface area contributed by atoms with E-state index in [2.05, 4.69) is 11.0 Å². The molecule has 0 radical (unpaired) electrons. The van der Waals surface area contributed by atoms with Crippen molar-refractivity contribution >= 4 is 5.91 Å². The van der Waals surface area contributed by atoms with E-state index in [4.69, 9.17) is 11.5 Å². The molecule has 128 valence electrons. The van der Waals surface area contributed by atoms with Crippen LogP contribution in [0.1, 0.15) is 47.2 Å². The summed E-state index contributed by atoms with van der Waals surface area (Å²) in [7, 11) is 0. The summed E-state index contributed by atoms with van der Waals surface area (Å²) in [4.78, 5) is 17.7. The molecule has 4 aliphatic heterocycles. The molecule has 4 heterocycles. The predicted molar refractivity (Wildman–Crippen MR) is 92.4 cm³/mol. The number of nitrogens with zero attached hydrogens (tertiary/aromatic N) is 2. The van der Waals surface area contributed by atoms with Crippen LogP contribution in [-0.2, 0) is 12.0 Å². The number of piperidine rings is 3. The lowest BCUT2D eigenvalue weighted by atomic mass is 9.70. The van der Waals surface area contributed by atoms with Gasteiger partial charge in [-0.3, -0.25) is 9.69 Å². The van der Waals surface area contributed by atoms with Crippen LogP contribution >= 0.6 is 0 Å². The lowest BCUT2D eigenvalue weighted by Gasteiger charge is -2.59. The standard InChI is InChI=1S/C19H26N4O/c20-18-8-2-4-13-3-1-5-15(16(13)18)17(24)23(11-18)19(21)12-22-9-6-14(19)7-10-22/h1,3,5,14H,2,4,6-12,20-21H2/t18-,19+/m0/s1. The third kappa shape index (κ3) is 1.83. The molecule has 1 aromatic rings. The van der Waals surface area contributed by atoms with Crippen LogP contribution in [0.25, 0.3) is 0 Å². The van der Waals surface area contributed by atoms with Gasteiger partial charge < -0.3 is 16.4 Å². The Morgan fingerprint density at radius 3 is 2.62 bits per heavy atom. The Hall–Kier alpha value is -1.43. The summed E-state index contributed by atoms with van der Waals surface area (Å²) in [5.74, 6) is 0.481. The van der Waals surface area contributed by atoms with Crippen LogP contribution in [0.15, 0.2) is 18.2 Å². The van der Waals surface area contributed by atoms with Gasteiger partial charge in [0.25, 0.3) is 5.91 Å². The normalized spacial score (nSPS) is 40.6. The summed E-state index contributed by atoms with van der Waals surface area (Å²) >= 11 is 0. The van der Waals surface area contributed by atoms with Crippen LogP contribution in [0.3, 0.4) is 0 Å². The molecule has 3 fully saturated rings. The zero-order valence-electron chi connectivity index (χ0n) is 14.1. The van der Waals surface area contributed by atoms with Crippen molar-refractivity contribution in [1.82, 2.24) is 9.80 Å². The smallest absolute Gasteiger partial charge is 0.255 e. The van der Waals surface area contributed by atoms with Gasteiger partial charge in [0.2, 0.25) is 0 Å². The molecule has 5 aliphatic rings. The second-order valence-electron chi connectivity index (χ2n) is 8.28. The van der Waals surface area contributed by atoms with E-state index in [0.717, 1.165) is 62.9 Å². The summed E-state index contributed by atoms with van der Waals surface area (Å²) in [6.45, 7) is 3.57. The topological polar surface area (TPSA) is 75.6 Å². The molecule has 2 atom stereocenters. The van der Waals surface area contributed by atoms with E-state index in [0.29, 0.717) is 12.5 Å². The van der Waals surface area contributed by atoms with Crippen LogP contribution in [-0.4, -0.2) is 47.5 Å². The lowest BCUT2D eigenvalue weighted by Crippen LogP contribution is -2.76. The summed E-state index contributed by atoms with van der Waals surface area (Å²) in [5.41, 5.74) is 15.9. The lowest BCUT2D eigenvalue weighted by molar-refractivity contribution is -0.0655. The monoisotopic (exact) mass is 326 g/mol. The molecule has 4 N–H and O–H groups in total. The van der Waals surface area contributed by atoms with Crippen molar-refractivity contribution in [3.05, 3.63) is 34.9 Å². The first-order chi connectivity index (χ1) is 11.5. The predicted octanol–water partition coefficient (Wildman–Crippen LogP) is 1.01. The van der Waals surface area contributed by atoms with Gasteiger partial charge in [-0.2, -0.15) is 0 Å². The van der Waals surface area contributed by atoms with Gasteiger partial charge in [0.1, 0.15) is 5.66 Å². The summed E-state index contributed by atoms with van der Waals surface area (Å²) in [5, 5.41) is 0. The van der Waals surface area contributed by atoms with Gasteiger partial charge in [0, 0.05) is 18.7 Å². The third-order valence-corrected chi connectivity index (χ3v) is 6.91. The second-order valence-corrected chi connectivity index (χ2v) is 8.28. The van der Waals surface area contributed by atoms with Crippen molar-refractivity contribution in [3.8, 4) is 0 Å². The summed E-state index contributed by atoms with van der Waals surface area (Å²) in [6, 6.07) is 6.08. The molecule has 1 amide bonds. The summed E-state index contributed by atoms with van der Waals surface area (Å²) in [6.07, 6.45) is 5.22. The highest BCUT2D eigenvalue weighted by molar-refractivity contribution is 5.98. The van der Waals surface area contributed by atoms with Gasteiger partial charge in [-0.15, -0.1) is 0 Å². The summed E-state index contributed by atoms with van der Waals surface area (Å²) < 4.78 is 0. The zero-order valence-corrected chi connectivity index (χ0v) is 14.1. The molecule has 5 heteroatoms. The zero-order chi connectivity index (χ0) is 16.5. The number of amides is 1. The first-order valence-corrected chi connectivity index (χ1v) is 9.26. The van der Waals surface area contributed by atoms with Crippen LogP contribution in [0.4, 0.5) is 0 Å². The van der Waals surface area contributed by atoms with Crippen LogP contribution in [0, 0.1) is 5.92 Å². The van der Waals surface area contributed by atoms with Crippen molar-refractivity contribution in [1.29, 1.82) is 0 Å². The van der Waals surface area contributed by atoms with E-state index < -0.39 is 11.2 Å². The van der Waals surface area contributed by atoms with Gasteiger partial charge in [-0.1, -0.05) is 12.1 Å². The Kier molecular flexibility index (Phi) is 2.98. The molecule has 0 saturated carbocycles. The highest BCUT2D eigenvalue weighted by Crippen LogP contribution is 2.44. The minimum absolute atomic E-state index is 0.0890. The SMILES string of the molecule is N[C@]12CCCc3cccc(c31)C(=O)N([C@]1(N)CN3CCC1CC3)C2. The quantitative estimate of drug-likeness (QED) is 0.808. The Balaban J connectivity index is 1.62. The molecule has 0 aromatic heterocycles. The minimum Gasteiger partial charge on any atom is -0.320 e. The maximum atomic E-state index is 13.3. The van der Waals surface area contributed by atoms with Crippen LogP contribution < -0.4 is 11.5 Å². The minimum atomic E-state index is -0.564. The third-order valence-electron chi connectivity index (χ3n) is 6.91. The molecular formula is C19H26N4O. The van der Waals surface area contributed by atoms with E-state index in [9.17, 15) is 4.79 Å². The van der Waals surface area contributed by atoms with E-state index >= 15 is 0 Å². The Morgan fingerprint density at radius 2 is 1.92 bits per heavy atom. The number of nitrogens with two attached hydrogens (primary N) is 2. The number of hydrogen-bond acceptors (Lipinski definition) is 4. The maximum absolute atomic E-state index is 13.3. The molecule has 1 aromatic carbocycles. The largest absolute Gasteiger partial charge is 0.320 e. The molecule has 2 bridgehead atoms. The Bertz CT molecular complexity index is 711. The van der Waals surface area contributed by atoms with Gasteiger partial charge in [-0.25, -0.2) is 0 Å². The average molecular weight is 326 g/mol. The molecule has 0 unspecified atom stereocenters. The molecule has 1 aliphatic carbocycles. The number of benzene rings is 1. The number of fused-ring (bicyclic) bond motifs is 3. The number of hydrogen-bond donors (Lipinski definition) is 2. The molecule has 24 heavy (non-hydrogen) atoms. The Labute approximate surface area is 143 Å². The number of carbonyl (C=O) groups excluding carboxylic acids is 1. The fraction of sp³-hybridized carbons (Fsp3) is 0.632.